The van der Waals surface area contributed by atoms with Crippen LogP contribution in [0.5, 0.6) is 0 Å². The Kier molecular flexibility index (Phi) is 7.50. The van der Waals surface area contributed by atoms with E-state index in [1.807, 2.05) is 4.57 Å². The second kappa shape index (κ2) is 9.90. The second-order valence-corrected chi connectivity index (χ2v) is 9.57. The lowest BCUT2D eigenvalue weighted by atomic mass is 9.88. The third-order valence-electron chi connectivity index (χ3n) is 6.82. The summed E-state index contributed by atoms with van der Waals surface area (Å²) in [5, 5.41) is 2.75. The largest absolute Gasteiger partial charge is 0.340 e. The zero-order valence-corrected chi connectivity index (χ0v) is 18.6. The predicted octanol–water partition coefficient (Wildman–Crippen LogP) is 3.12. The number of nitrogens with two attached hydrogens (primary N) is 1. The molecule has 6 heteroatoms. The Bertz CT molecular complexity index is 835. The Labute approximate surface area is 179 Å². The van der Waals surface area contributed by atoms with E-state index in [1.165, 1.54) is 32.1 Å². The number of nitrogens with one attached hydrogen (secondary N) is 1. The normalized spacial score (nSPS) is 18.2. The van der Waals surface area contributed by atoms with E-state index in [9.17, 15) is 14.4 Å². The molecule has 2 aliphatic rings. The van der Waals surface area contributed by atoms with Crippen LogP contribution in [-0.4, -0.2) is 28.3 Å². The predicted molar refractivity (Wildman–Crippen MR) is 119 cm³/mol. The molecule has 166 valence electrons. The minimum Gasteiger partial charge on any atom is -0.340 e. The van der Waals surface area contributed by atoms with Crippen LogP contribution in [0.2, 0.25) is 0 Å². The number of aromatic nitrogens is 1. The van der Waals surface area contributed by atoms with Crippen LogP contribution in [0.25, 0.3) is 0 Å². The molecule has 1 aromatic heterocycles. The van der Waals surface area contributed by atoms with E-state index in [0.717, 1.165) is 49.8 Å². The summed E-state index contributed by atoms with van der Waals surface area (Å²) in [5.74, 6) is -0.238. The van der Waals surface area contributed by atoms with Gasteiger partial charge in [0.15, 0.2) is 5.78 Å². The van der Waals surface area contributed by atoms with E-state index >= 15 is 0 Å². The number of nitrogens with zero attached hydrogens (tertiary/aromatic N) is 1. The molecule has 1 amide bonds. The summed E-state index contributed by atoms with van der Waals surface area (Å²) >= 11 is 0. The summed E-state index contributed by atoms with van der Waals surface area (Å²) in [6, 6.07) is 1.79. The van der Waals surface area contributed by atoms with E-state index in [4.69, 9.17) is 5.73 Å². The first-order chi connectivity index (χ1) is 14.3. The van der Waals surface area contributed by atoms with E-state index in [0.29, 0.717) is 12.5 Å². The maximum atomic E-state index is 13.5. The summed E-state index contributed by atoms with van der Waals surface area (Å²) in [6.07, 6.45) is 12.3. The van der Waals surface area contributed by atoms with Crippen molar-refractivity contribution in [2.24, 2.45) is 11.7 Å². The number of aryl methyl sites for hydroxylation is 1. The van der Waals surface area contributed by atoms with Gasteiger partial charge in [-0.3, -0.25) is 14.4 Å². The van der Waals surface area contributed by atoms with Gasteiger partial charge in [-0.15, -0.1) is 0 Å². The molecular formula is C24H37N3O3. The molecule has 6 nitrogen and oxygen atoms in total. The zero-order chi connectivity index (χ0) is 21.7. The number of pyridine rings is 1. The van der Waals surface area contributed by atoms with Gasteiger partial charge in [-0.2, -0.15) is 0 Å². The number of amides is 1. The highest BCUT2D eigenvalue weighted by atomic mass is 16.2. The standard InChI is InChI=1S/C24H37N3O3/c1-24(2,21(28)15-25)26-22(29)19-14-18-12-8-3-4-9-13-20(18)27(23(19)30)16-17-10-6-5-7-11-17/h14,17H,3-13,15-16,25H2,1-2H3,(H,26,29). The van der Waals surface area contributed by atoms with Crippen LogP contribution >= 0.6 is 0 Å². The number of carbonyl (C=O) groups excluding carboxylic acids is 2. The van der Waals surface area contributed by atoms with Gasteiger partial charge in [0.2, 0.25) is 0 Å². The monoisotopic (exact) mass is 415 g/mol. The fraction of sp³-hybridized carbons (Fsp3) is 0.708. The van der Waals surface area contributed by atoms with Crippen molar-refractivity contribution in [2.45, 2.75) is 96.6 Å². The Balaban J connectivity index is 1.99. The Morgan fingerprint density at radius 1 is 1.07 bits per heavy atom. The molecule has 0 aromatic carbocycles. The number of rotatable bonds is 6. The smallest absolute Gasteiger partial charge is 0.263 e. The lowest BCUT2D eigenvalue weighted by molar-refractivity contribution is -0.122. The number of carbonyl (C=O) groups is 2. The summed E-state index contributed by atoms with van der Waals surface area (Å²) < 4.78 is 1.91. The molecule has 0 radical (unpaired) electrons. The van der Waals surface area contributed by atoms with Crippen molar-refractivity contribution in [3.05, 3.63) is 33.2 Å². The van der Waals surface area contributed by atoms with Gasteiger partial charge < -0.3 is 15.6 Å². The molecular weight excluding hydrogens is 378 g/mol. The fourth-order valence-corrected chi connectivity index (χ4v) is 4.89. The van der Waals surface area contributed by atoms with Crippen LogP contribution in [0.1, 0.15) is 93.3 Å². The van der Waals surface area contributed by atoms with Crippen molar-refractivity contribution in [3.63, 3.8) is 0 Å². The first-order valence-corrected chi connectivity index (χ1v) is 11.6. The molecule has 0 spiro atoms. The quantitative estimate of drug-likeness (QED) is 0.746. The van der Waals surface area contributed by atoms with Gasteiger partial charge in [0.1, 0.15) is 5.56 Å². The molecule has 0 aliphatic heterocycles. The Morgan fingerprint density at radius 2 is 1.70 bits per heavy atom. The molecule has 1 fully saturated rings. The van der Waals surface area contributed by atoms with Crippen molar-refractivity contribution >= 4 is 11.7 Å². The summed E-state index contributed by atoms with van der Waals surface area (Å²) in [4.78, 5) is 38.6. The minimum absolute atomic E-state index is 0.149. The van der Waals surface area contributed by atoms with E-state index in [-0.39, 0.29) is 23.5 Å². The molecule has 3 N–H and O–H groups in total. The minimum atomic E-state index is -1.10. The third kappa shape index (κ3) is 5.20. The van der Waals surface area contributed by atoms with Crippen LogP contribution in [0.15, 0.2) is 10.9 Å². The number of fused-ring (bicyclic) bond motifs is 1. The van der Waals surface area contributed by atoms with Crippen molar-refractivity contribution in [1.29, 1.82) is 0 Å². The average Bonchev–Trinajstić information content (AvgIpc) is 2.70. The van der Waals surface area contributed by atoms with Crippen LogP contribution < -0.4 is 16.6 Å². The van der Waals surface area contributed by atoms with Gasteiger partial charge in [-0.05, 0) is 69.9 Å². The highest BCUT2D eigenvalue weighted by Crippen LogP contribution is 2.27. The van der Waals surface area contributed by atoms with Crippen molar-refractivity contribution < 1.29 is 9.59 Å². The molecule has 0 atom stereocenters. The van der Waals surface area contributed by atoms with Crippen molar-refractivity contribution in [2.75, 3.05) is 6.54 Å². The van der Waals surface area contributed by atoms with Crippen molar-refractivity contribution in [1.82, 2.24) is 9.88 Å². The molecule has 3 rings (SSSR count). The molecule has 1 saturated carbocycles. The second-order valence-electron chi connectivity index (χ2n) is 9.57. The van der Waals surface area contributed by atoms with E-state index < -0.39 is 11.4 Å². The first-order valence-electron chi connectivity index (χ1n) is 11.6. The number of hydrogen-bond acceptors (Lipinski definition) is 4. The van der Waals surface area contributed by atoms with Crippen LogP contribution in [0, 0.1) is 5.92 Å². The van der Waals surface area contributed by atoms with Gasteiger partial charge in [-0.25, -0.2) is 0 Å². The van der Waals surface area contributed by atoms with Gasteiger partial charge in [0, 0.05) is 12.2 Å². The molecule has 0 bridgehead atoms. The Morgan fingerprint density at radius 3 is 2.37 bits per heavy atom. The zero-order valence-electron chi connectivity index (χ0n) is 18.6. The SMILES string of the molecule is CC(C)(NC(=O)c1cc2c(n(CC3CCCCC3)c1=O)CCCCCC2)C(=O)CN. The molecule has 1 heterocycles. The van der Waals surface area contributed by atoms with Gasteiger partial charge in [0.05, 0.1) is 12.1 Å². The number of ketones is 1. The molecule has 30 heavy (non-hydrogen) atoms. The molecule has 0 unspecified atom stereocenters. The highest BCUT2D eigenvalue weighted by Gasteiger charge is 2.30. The van der Waals surface area contributed by atoms with E-state index in [1.54, 1.807) is 19.9 Å². The molecule has 1 aromatic rings. The summed E-state index contributed by atoms with van der Waals surface area (Å²) in [7, 11) is 0. The highest BCUT2D eigenvalue weighted by molar-refractivity contribution is 5.99. The average molecular weight is 416 g/mol. The number of Topliss-reactive ketones (excluding diaryl/α,β-unsaturated/α-hetero) is 1. The van der Waals surface area contributed by atoms with Crippen LogP contribution in [0.3, 0.4) is 0 Å². The van der Waals surface area contributed by atoms with Gasteiger partial charge in [-0.1, -0.05) is 32.1 Å². The van der Waals surface area contributed by atoms with Gasteiger partial charge >= 0.3 is 0 Å². The molecule has 0 saturated heterocycles. The van der Waals surface area contributed by atoms with Gasteiger partial charge in [0.25, 0.3) is 11.5 Å². The summed E-state index contributed by atoms with van der Waals surface area (Å²) in [6.45, 7) is 3.82. The molecule has 2 aliphatic carbocycles. The van der Waals surface area contributed by atoms with Crippen LogP contribution in [-0.2, 0) is 24.2 Å². The van der Waals surface area contributed by atoms with Crippen LogP contribution in [0.4, 0.5) is 0 Å². The lowest BCUT2D eigenvalue weighted by Crippen LogP contribution is -2.53. The first kappa shape index (κ1) is 22.7. The van der Waals surface area contributed by atoms with Crippen molar-refractivity contribution in [3.8, 4) is 0 Å². The maximum absolute atomic E-state index is 13.5. The Hall–Kier alpha value is -1.95. The third-order valence-corrected chi connectivity index (χ3v) is 6.82. The lowest BCUT2D eigenvalue weighted by Gasteiger charge is -2.28. The number of hydrogen-bond donors (Lipinski definition) is 2. The summed E-state index contributed by atoms with van der Waals surface area (Å²) in [5.41, 5.74) is 6.58. The fourth-order valence-electron chi connectivity index (χ4n) is 4.89. The van der Waals surface area contributed by atoms with E-state index in [2.05, 4.69) is 5.32 Å². The maximum Gasteiger partial charge on any atom is 0.263 e. The topological polar surface area (TPSA) is 94.2 Å².